The molecular formula is C14H18Cl2N2O4S. The zero-order valence-corrected chi connectivity index (χ0v) is 14.8. The Morgan fingerprint density at radius 2 is 2.04 bits per heavy atom. The summed E-state index contributed by atoms with van der Waals surface area (Å²) < 4.78 is 27.3. The lowest BCUT2D eigenvalue weighted by Crippen LogP contribution is -2.54. The fraction of sp³-hybridized carbons (Fsp3) is 0.500. The summed E-state index contributed by atoms with van der Waals surface area (Å²) in [5.74, 6) is -0.887. The lowest BCUT2D eigenvalue weighted by molar-refractivity contribution is -0.139. The second-order valence-electron chi connectivity index (χ2n) is 5.45. The molecule has 2 N–H and O–H groups in total. The molecule has 6 nitrogen and oxygen atoms in total. The van der Waals surface area contributed by atoms with Crippen LogP contribution in [0.1, 0.15) is 19.8 Å². The molecule has 0 aliphatic heterocycles. The van der Waals surface area contributed by atoms with E-state index in [-0.39, 0.29) is 33.6 Å². The number of benzene rings is 1. The predicted molar refractivity (Wildman–Crippen MR) is 88.5 cm³/mol. The summed E-state index contributed by atoms with van der Waals surface area (Å²) >= 11 is 11.8. The number of carboxylic acid groups (broad SMARTS) is 1. The Hall–Kier alpha value is -0.860. The minimum atomic E-state index is -3.75. The van der Waals surface area contributed by atoms with E-state index in [4.69, 9.17) is 28.3 Å². The molecule has 0 saturated heterocycles. The van der Waals surface area contributed by atoms with Gasteiger partial charge in [0.15, 0.2) is 0 Å². The summed E-state index contributed by atoms with van der Waals surface area (Å²) in [7, 11) is -3.75. The Morgan fingerprint density at radius 3 is 2.61 bits per heavy atom. The van der Waals surface area contributed by atoms with E-state index in [1.165, 1.54) is 18.2 Å². The molecule has 128 valence electrons. The molecule has 1 aliphatic carbocycles. The first-order valence-corrected chi connectivity index (χ1v) is 9.40. The highest BCUT2D eigenvalue weighted by atomic mass is 35.5. The van der Waals surface area contributed by atoms with Crippen LogP contribution in [0.2, 0.25) is 10.0 Å². The number of sulfonamides is 1. The molecule has 0 aromatic heterocycles. The van der Waals surface area contributed by atoms with Gasteiger partial charge in [0.25, 0.3) is 0 Å². The molecule has 0 atom stereocenters. The Bertz CT molecular complexity index is 690. The van der Waals surface area contributed by atoms with Crippen molar-refractivity contribution in [2.75, 3.05) is 13.1 Å². The van der Waals surface area contributed by atoms with Crippen LogP contribution in [0.15, 0.2) is 23.1 Å². The molecule has 1 fully saturated rings. The number of hydrogen-bond acceptors (Lipinski definition) is 4. The van der Waals surface area contributed by atoms with Gasteiger partial charge < -0.3 is 5.11 Å². The number of likely N-dealkylation sites (N-methyl/N-ethyl adjacent to an activating group) is 1. The molecule has 1 saturated carbocycles. The van der Waals surface area contributed by atoms with Crippen molar-refractivity contribution in [1.29, 1.82) is 0 Å². The van der Waals surface area contributed by atoms with E-state index >= 15 is 0 Å². The first-order valence-electron chi connectivity index (χ1n) is 7.16. The standard InChI is InChI=1S/C14H18Cl2N2O4S/c1-2-18(8-13(19)20)10-6-9(7-10)17-23(21,22)12-5-3-4-11(15)14(12)16/h3-5,9-10,17H,2,6-8H2,1H3,(H,19,20). The highest BCUT2D eigenvalue weighted by molar-refractivity contribution is 7.89. The van der Waals surface area contributed by atoms with E-state index in [1.807, 2.05) is 11.8 Å². The maximum atomic E-state index is 12.4. The Balaban J connectivity index is 1.99. The number of nitrogens with zero attached hydrogens (tertiary/aromatic N) is 1. The Labute approximate surface area is 145 Å². The van der Waals surface area contributed by atoms with E-state index < -0.39 is 16.0 Å². The van der Waals surface area contributed by atoms with E-state index in [0.29, 0.717) is 19.4 Å². The summed E-state index contributed by atoms with van der Waals surface area (Å²) in [5.41, 5.74) is 0. The molecule has 1 aromatic carbocycles. The lowest BCUT2D eigenvalue weighted by Gasteiger charge is -2.42. The van der Waals surface area contributed by atoms with Gasteiger partial charge in [0, 0.05) is 12.1 Å². The molecule has 0 amide bonds. The smallest absolute Gasteiger partial charge is 0.317 e. The molecule has 23 heavy (non-hydrogen) atoms. The number of rotatable bonds is 7. The van der Waals surface area contributed by atoms with Gasteiger partial charge >= 0.3 is 5.97 Å². The minimum absolute atomic E-state index is 0.00129. The summed E-state index contributed by atoms with van der Waals surface area (Å²) in [4.78, 5) is 12.6. The molecule has 0 bridgehead atoms. The van der Waals surface area contributed by atoms with Crippen molar-refractivity contribution in [2.45, 2.75) is 36.7 Å². The molecule has 0 radical (unpaired) electrons. The van der Waals surface area contributed by atoms with E-state index in [0.717, 1.165) is 0 Å². The third-order valence-electron chi connectivity index (χ3n) is 3.90. The average Bonchev–Trinajstić information content (AvgIpc) is 2.42. The quantitative estimate of drug-likeness (QED) is 0.756. The van der Waals surface area contributed by atoms with Gasteiger partial charge in [0.05, 0.1) is 16.6 Å². The zero-order valence-electron chi connectivity index (χ0n) is 12.5. The Kier molecular flexibility index (Phi) is 5.91. The van der Waals surface area contributed by atoms with E-state index in [9.17, 15) is 13.2 Å². The van der Waals surface area contributed by atoms with Gasteiger partial charge in [-0.3, -0.25) is 9.69 Å². The largest absolute Gasteiger partial charge is 0.480 e. The van der Waals surface area contributed by atoms with Crippen LogP contribution in [0.5, 0.6) is 0 Å². The number of carbonyl (C=O) groups is 1. The SMILES string of the molecule is CCN(CC(=O)O)C1CC(NS(=O)(=O)c2cccc(Cl)c2Cl)C1. The molecule has 9 heteroatoms. The normalized spacial score (nSPS) is 21.2. The summed E-state index contributed by atoms with van der Waals surface area (Å²) in [6.07, 6.45) is 1.14. The summed E-state index contributed by atoms with van der Waals surface area (Å²) in [5, 5.41) is 9.04. The van der Waals surface area contributed by atoms with E-state index in [1.54, 1.807) is 0 Å². The highest BCUT2D eigenvalue weighted by Gasteiger charge is 2.36. The van der Waals surface area contributed by atoms with Gasteiger partial charge in [0.2, 0.25) is 10.0 Å². The van der Waals surface area contributed by atoms with Crippen molar-refractivity contribution in [3.05, 3.63) is 28.2 Å². The van der Waals surface area contributed by atoms with E-state index in [2.05, 4.69) is 4.72 Å². The van der Waals surface area contributed by atoms with Crippen LogP contribution in [0.3, 0.4) is 0 Å². The van der Waals surface area contributed by atoms with Gasteiger partial charge in [-0.05, 0) is 31.5 Å². The molecule has 2 rings (SSSR count). The topological polar surface area (TPSA) is 86.7 Å². The maximum absolute atomic E-state index is 12.4. The van der Waals surface area contributed by atoms with Gasteiger partial charge in [-0.2, -0.15) is 0 Å². The van der Waals surface area contributed by atoms with Crippen molar-refractivity contribution in [3.63, 3.8) is 0 Å². The van der Waals surface area contributed by atoms with Crippen LogP contribution in [-0.4, -0.2) is 49.6 Å². The number of aliphatic carboxylic acids is 1. The second-order valence-corrected chi connectivity index (χ2v) is 7.92. The minimum Gasteiger partial charge on any atom is -0.480 e. The number of hydrogen-bond donors (Lipinski definition) is 2. The van der Waals surface area contributed by atoms with Gasteiger partial charge in [-0.1, -0.05) is 36.2 Å². The summed E-state index contributed by atoms with van der Waals surface area (Å²) in [6, 6.07) is 4.28. The number of halogens is 2. The molecule has 0 heterocycles. The Morgan fingerprint density at radius 1 is 1.39 bits per heavy atom. The monoisotopic (exact) mass is 380 g/mol. The van der Waals surface area contributed by atoms with Crippen molar-refractivity contribution in [3.8, 4) is 0 Å². The van der Waals surface area contributed by atoms with Crippen molar-refractivity contribution in [2.24, 2.45) is 0 Å². The van der Waals surface area contributed by atoms with Crippen LogP contribution >= 0.6 is 23.2 Å². The van der Waals surface area contributed by atoms with Crippen LogP contribution < -0.4 is 4.72 Å². The third-order valence-corrected chi connectivity index (χ3v) is 6.40. The zero-order chi connectivity index (χ0) is 17.2. The van der Waals surface area contributed by atoms with Gasteiger partial charge in [0.1, 0.15) is 4.90 Å². The number of carboxylic acids is 1. The van der Waals surface area contributed by atoms with Gasteiger partial charge in [-0.15, -0.1) is 0 Å². The predicted octanol–water partition coefficient (Wildman–Crippen LogP) is 2.21. The fourth-order valence-electron chi connectivity index (χ4n) is 2.63. The molecular weight excluding hydrogens is 363 g/mol. The molecule has 1 aliphatic rings. The van der Waals surface area contributed by atoms with Crippen LogP contribution in [-0.2, 0) is 14.8 Å². The third kappa shape index (κ3) is 4.36. The molecule has 0 unspecified atom stereocenters. The van der Waals surface area contributed by atoms with Crippen LogP contribution in [0.4, 0.5) is 0 Å². The van der Waals surface area contributed by atoms with Crippen molar-refractivity contribution in [1.82, 2.24) is 9.62 Å². The van der Waals surface area contributed by atoms with Gasteiger partial charge in [-0.25, -0.2) is 13.1 Å². The highest BCUT2D eigenvalue weighted by Crippen LogP contribution is 2.31. The molecule has 0 spiro atoms. The second kappa shape index (κ2) is 7.36. The fourth-order valence-corrected chi connectivity index (χ4v) is 4.65. The van der Waals surface area contributed by atoms with Crippen molar-refractivity contribution >= 4 is 39.2 Å². The average molecular weight is 381 g/mol. The lowest BCUT2D eigenvalue weighted by atomic mass is 9.86. The van der Waals surface area contributed by atoms with Crippen LogP contribution in [0, 0.1) is 0 Å². The summed E-state index contributed by atoms with van der Waals surface area (Å²) in [6.45, 7) is 2.45. The van der Waals surface area contributed by atoms with Crippen molar-refractivity contribution < 1.29 is 18.3 Å². The maximum Gasteiger partial charge on any atom is 0.317 e. The van der Waals surface area contributed by atoms with Crippen LogP contribution in [0.25, 0.3) is 0 Å². The molecule has 1 aromatic rings. The first-order chi connectivity index (χ1) is 10.7. The number of nitrogens with one attached hydrogen (secondary N) is 1. The first kappa shape index (κ1) is 18.5.